The highest BCUT2D eigenvalue weighted by Crippen LogP contribution is 2.24. The van der Waals surface area contributed by atoms with Gasteiger partial charge in [0.1, 0.15) is 12.4 Å². The number of hydrogen-bond acceptors (Lipinski definition) is 6. The van der Waals surface area contributed by atoms with Gasteiger partial charge in [0, 0.05) is 32.5 Å². The van der Waals surface area contributed by atoms with E-state index < -0.39 is 0 Å². The van der Waals surface area contributed by atoms with E-state index in [2.05, 4.69) is 33.5 Å². The molecule has 1 unspecified atom stereocenters. The Morgan fingerprint density at radius 1 is 1.23 bits per heavy atom. The van der Waals surface area contributed by atoms with Crippen LogP contribution in [-0.2, 0) is 11.3 Å². The Hall–Kier alpha value is -1.85. The van der Waals surface area contributed by atoms with Crippen LogP contribution in [0.1, 0.15) is 37.1 Å². The van der Waals surface area contributed by atoms with Gasteiger partial charge in [-0.15, -0.1) is 24.0 Å². The van der Waals surface area contributed by atoms with E-state index in [1.807, 2.05) is 18.2 Å². The second kappa shape index (κ2) is 14.3. The van der Waals surface area contributed by atoms with E-state index in [9.17, 15) is 0 Å². The molecule has 172 valence electrons. The molecule has 1 saturated heterocycles. The molecule has 2 aromatic heterocycles. The molecule has 2 N–H and O–H groups in total. The maximum absolute atomic E-state index is 5.71. The third-order valence-corrected chi connectivity index (χ3v) is 5.01. The average Bonchev–Trinajstić information content (AvgIpc) is 3.48. The summed E-state index contributed by atoms with van der Waals surface area (Å²) in [7, 11) is 1.65. The van der Waals surface area contributed by atoms with Gasteiger partial charge in [-0.3, -0.25) is 4.90 Å². The Morgan fingerprint density at radius 3 is 2.71 bits per heavy atom. The minimum absolute atomic E-state index is 0. The van der Waals surface area contributed by atoms with Crippen LogP contribution in [0.15, 0.2) is 46.1 Å². The fourth-order valence-corrected chi connectivity index (χ4v) is 3.47. The van der Waals surface area contributed by atoms with Gasteiger partial charge in [0.25, 0.3) is 0 Å². The Kier molecular flexibility index (Phi) is 11.7. The zero-order chi connectivity index (χ0) is 21.0. The van der Waals surface area contributed by atoms with Crippen LogP contribution < -0.4 is 15.4 Å². The van der Waals surface area contributed by atoms with Crippen LogP contribution in [0.25, 0.3) is 0 Å². The van der Waals surface area contributed by atoms with Crippen LogP contribution >= 0.6 is 24.0 Å². The summed E-state index contributed by atoms with van der Waals surface area (Å²) in [4.78, 5) is 11.5. The van der Waals surface area contributed by atoms with Crippen molar-refractivity contribution in [1.82, 2.24) is 20.5 Å². The van der Waals surface area contributed by atoms with Gasteiger partial charge in [0.2, 0.25) is 5.88 Å². The monoisotopic (exact) mass is 543 g/mol. The standard InChI is InChI=1S/C22H33N5O3.HI/c1-3-23-22(25-16-18-8-9-21(24-15-18)30-14-13-28-2)26-17-19(20-7-6-12-29-20)27-10-4-5-11-27;/h6-9,12,15,19H,3-5,10-11,13-14,16-17H2,1-2H3,(H2,23,25,26);1H. The van der Waals surface area contributed by atoms with Gasteiger partial charge in [0.05, 0.1) is 25.5 Å². The molecular formula is C22H34IN5O3. The number of hydrogen-bond donors (Lipinski definition) is 2. The molecule has 9 heteroatoms. The van der Waals surface area contributed by atoms with Crippen molar-refractivity contribution in [3.8, 4) is 5.88 Å². The molecule has 31 heavy (non-hydrogen) atoms. The number of halogens is 1. The molecular weight excluding hydrogens is 509 g/mol. The zero-order valence-electron chi connectivity index (χ0n) is 18.4. The van der Waals surface area contributed by atoms with Crippen molar-refractivity contribution in [3.05, 3.63) is 48.0 Å². The van der Waals surface area contributed by atoms with Crippen molar-refractivity contribution in [3.63, 3.8) is 0 Å². The van der Waals surface area contributed by atoms with Gasteiger partial charge in [-0.2, -0.15) is 0 Å². The fourth-order valence-electron chi connectivity index (χ4n) is 3.47. The van der Waals surface area contributed by atoms with Crippen LogP contribution in [0.2, 0.25) is 0 Å². The van der Waals surface area contributed by atoms with Gasteiger partial charge >= 0.3 is 0 Å². The minimum Gasteiger partial charge on any atom is -0.475 e. The SMILES string of the molecule is CCNC(=NCc1ccc(OCCOC)nc1)NCC(c1ccco1)N1CCCC1.I. The lowest BCUT2D eigenvalue weighted by atomic mass is 10.2. The maximum Gasteiger partial charge on any atom is 0.213 e. The second-order valence-electron chi connectivity index (χ2n) is 7.20. The number of aromatic nitrogens is 1. The number of likely N-dealkylation sites (tertiary alicyclic amines) is 1. The highest BCUT2D eigenvalue weighted by Gasteiger charge is 2.25. The van der Waals surface area contributed by atoms with Crippen LogP contribution in [-0.4, -0.2) is 62.3 Å². The van der Waals surface area contributed by atoms with E-state index in [0.717, 1.165) is 43.5 Å². The van der Waals surface area contributed by atoms with Crippen LogP contribution in [0, 0.1) is 0 Å². The first-order valence-electron chi connectivity index (χ1n) is 10.7. The molecule has 0 amide bonds. The average molecular weight is 543 g/mol. The number of guanidine groups is 1. The highest BCUT2D eigenvalue weighted by atomic mass is 127. The summed E-state index contributed by atoms with van der Waals surface area (Å²) in [6, 6.07) is 8.06. The van der Waals surface area contributed by atoms with Crippen LogP contribution in [0.4, 0.5) is 0 Å². The molecule has 1 aliphatic heterocycles. The second-order valence-corrected chi connectivity index (χ2v) is 7.20. The third-order valence-electron chi connectivity index (χ3n) is 5.01. The summed E-state index contributed by atoms with van der Waals surface area (Å²) in [6.45, 7) is 7.38. The lowest BCUT2D eigenvalue weighted by Crippen LogP contribution is -2.42. The van der Waals surface area contributed by atoms with E-state index in [4.69, 9.17) is 18.9 Å². The predicted molar refractivity (Wildman–Crippen MR) is 132 cm³/mol. The van der Waals surface area contributed by atoms with Gasteiger partial charge in [0.15, 0.2) is 5.96 Å². The van der Waals surface area contributed by atoms with Gasteiger partial charge in [-0.25, -0.2) is 9.98 Å². The van der Waals surface area contributed by atoms with Crippen molar-refractivity contribution in [2.75, 3.05) is 46.5 Å². The molecule has 0 saturated carbocycles. The fraction of sp³-hybridized carbons (Fsp3) is 0.545. The molecule has 1 atom stereocenters. The number of rotatable bonds is 11. The molecule has 1 aliphatic rings. The Morgan fingerprint density at radius 2 is 2.06 bits per heavy atom. The smallest absolute Gasteiger partial charge is 0.213 e. The van der Waals surface area contributed by atoms with Crippen molar-refractivity contribution < 1.29 is 13.9 Å². The Labute approximate surface area is 201 Å². The lowest BCUT2D eigenvalue weighted by molar-refractivity contribution is 0.143. The zero-order valence-corrected chi connectivity index (χ0v) is 20.7. The predicted octanol–water partition coefficient (Wildman–Crippen LogP) is 3.21. The summed E-state index contributed by atoms with van der Waals surface area (Å²) in [6.07, 6.45) is 6.02. The van der Waals surface area contributed by atoms with Gasteiger partial charge in [-0.05, 0) is 50.6 Å². The van der Waals surface area contributed by atoms with E-state index in [1.165, 1.54) is 12.8 Å². The van der Waals surface area contributed by atoms with Crippen molar-refractivity contribution in [1.29, 1.82) is 0 Å². The maximum atomic E-state index is 5.71. The Balaban J connectivity index is 0.00000341. The summed E-state index contributed by atoms with van der Waals surface area (Å²) in [5.41, 5.74) is 1.02. The largest absolute Gasteiger partial charge is 0.475 e. The number of ether oxygens (including phenoxy) is 2. The number of nitrogens with one attached hydrogen (secondary N) is 2. The number of nitrogens with zero attached hydrogens (tertiary/aromatic N) is 3. The first kappa shape index (κ1) is 25.4. The van der Waals surface area contributed by atoms with Crippen molar-refractivity contribution in [2.45, 2.75) is 32.4 Å². The molecule has 0 aromatic carbocycles. The van der Waals surface area contributed by atoms with Gasteiger partial charge in [-0.1, -0.05) is 6.07 Å². The lowest BCUT2D eigenvalue weighted by Gasteiger charge is -2.26. The van der Waals surface area contributed by atoms with E-state index in [1.54, 1.807) is 19.6 Å². The molecule has 0 aliphatic carbocycles. The number of methoxy groups -OCH3 is 1. The first-order chi connectivity index (χ1) is 14.8. The molecule has 0 bridgehead atoms. The summed E-state index contributed by atoms with van der Waals surface area (Å²) < 4.78 is 16.2. The van der Waals surface area contributed by atoms with E-state index in [0.29, 0.717) is 25.6 Å². The first-order valence-corrected chi connectivity index (χ1v) is 10.7. The molecule has 8 nitrogen and oxygen atoms in total. The van der Waals surface area contributed by atoms with Crippen LogP contribution in [0.5, 0.6) is 5.88 Å². The minimum atomic E-state index is 0. The summed E-state index contributed by atoms with van der Waals surface area (Å²) in [5, 5.41) is 6.80. The third kappa shape index (κ3) is 8.30. The topological polar surface area (TPSA) is 84.2 Å². The Bertz CT molecular complexity index is 749. The molecule has 3 heterocycles. The highest BCUT2D eigenvalue weighted by molar-refractivity contribution is 14.0. The number of furan rings is 1. The van der Waals surface area contributed by atoms with Crippen molar-refractivity contribution >= 4 is 29.9 Å². The molecule has 3 rings (SSSR count). The van der Waals surface area contributed by atoms with Crippen molar-refractivity contribution in [2.24, 2.45) is 4.99 Å². The van der Waals surface area contributed by atoms with E-state index >= 15 is 0 Å². The molecule has 2 aromatic rings. The molecule has 0 radical (unpaired) electrons. The van der Waals surface area contributed by atoms with Gasteiger partial charge < -0.3 is 24.5 Å². The van der Waals surface area contributed by atoms with E-state index in [-0.39, 0.29) is 30.0 Å². The number of pyridine rings is 1. The molecule has 1 fully saturated rings. The normalized spacial score (nSPS) is 15.4. The number of aliphatic imine (C=N–C) groups is 1. The van der Waals surface area contributed by atoms with Crippen LogP contribution in [0.3, 0.4) is 0 Å². The summed E-state index contributed by atoms with van der Waals surface area (Å²) in [5.74, 6) is 2.37. The quantitative estimate of drug-likeness (QED) is 0.195. The molecule has 0 spiro atoms. The summed E-state index contributed by atoms with van der Waals surface area (Å²) >= 11 is 0.